The van der Waals surface area contributed by atoms with E-state index in [0.717, 1.165) is 11.3 Å². The third kappa shape index (κ3) is 3.52. The lowest BCUT2D eigenvalue weighted by Crippen LogP contribution is -2.15. The first kappa shape index (κ1) is 18.5. The second kappa shape index (κ2) is 7.67. The topological polar surface area (TPSA) is 103 Å². The molecule has 1 aliphatic heterocycles. The number of anilines is 1. The molecule has 0 saturated heterocycles. The lowest BCUT2D eigenvalue weighted by atomic mass is 10.0. The van der Waals surface area contributed by atoms with E-state index in [1.165, 1.54) is 14.2 Å². The van der Waals surface area contributed by atoms with Crippen LogP contribution >= 0.6 is 0 Å². The fourth-order valence-corrected chi connectivity index (χ4v) is 3.35. The van der Waals surface area contributed by atoms with Gasteiger partial charge >= 0.3 is 5.97 Å². The number of rotatable bonds is 6. The van der Waals surface area contributed by atoms with Crippen LogP contribution in [-0.2, 0) is 9.53 Å². The quantitative estimate of drug-likeness (QED) is 0.623. The molecular formula is C21H19N3O5. The Morgan fingerprint density at radius 3 is 2.62 bits per heavy atom. The molecule has 1 amide bonds. The summed E-state index contributed by atoms with van der Waals surface area (Å²) < 4.78 is 15.9. The molecule has 0 saturated carbocycles. The molecule has 8 heteroatoms. The average molecular weight is 393 g/mol. The SMILES string of the molecule is COc1ccc2c(c1OC)C(=O)OC2CC(=O)Nc1ccc(-c2cnc[nH]2)cc1. The van der Waals surface area contributed by atoms with E-state index < -0.39 is 12.1 Å². The Morgan fingerprint density at radius 2 is 1.97 bits per heavy atom. The number of benzene rings is 2. The number of imidazole rings is 1. The van der Waals surface area contributed by atoms with Crippen LogP contribution in [-0.4, -0.2) is 36.1 Å². The van der Waals surface area contributed by atoms with Crippen LogP contribution in [0.15, 0.2) is 48.9 Å². The van der Waals surface area contributed by atoms with Gasteiger partial charge in [0.05, 0.1) is 38.9 Å². The van der Waals surface area contributed by atoms with Crippen LogP contribution < -0.4 is 14.8 Å². The van der Waals surface area contributed by atoms with Crippen LogP contribution in [0.2, 0.25) is 0 Å². The Kier molecular flexibility index (Phi) is 4.90. The van der Waals surface area contributed by atoms with E-state index in [2.05, 4.69) is 15.3 Å². The van der Waals surface area contributed by atoms with Gasteiger partial charge in [-0.25, -0.2) is 9.78 Å². The number of fused-ring (bicyclic) bond motifs is 1. The molecule has 2 N–H and O–H groups in total. The monoisotopic (exact) mass is 393 g/mol. The summed E-state index contributed by atoms with van der Waals surface area (Å²) in [5.74, 6) is -0.0462. The second-order valence-corrected chi connectivity index (χ2v) is 6.45. The molecule has 0 spiro atoms. The number of methoxy groups -OCH3 is 2. The van der Waals surface area contributed by atoms with E-state index in [1.807, 2.05) is 12.1 Å². The van der Waals surface area contributed by atoms with Gasteiger partial charge in [0.25, 0.3) is 0 Å². The Morgan fingerprint density at radius 1 is 1.17 bits per heavy atom. The Hall–Kier alpha value is -3.81. The molecule has 0 aliphatic carbocycles. The van der Waals surface area contributed by atoms with Crippen molar-refractivity contribution in [2.24, 2.45) is 0 Å². The zero-order valence-corrected chi connectivity index (χ0v) is 15.9. The predicted molar refractivity (Wildman–Crippen MR) is 105 cm³/mol. The van der Waals surface area contributed by atoms with E-state index in [1.54, 1.807) is 36.8 Å². The number of cyclic esters (lactones) is 1. The highest BCUT2D eigenvalue weighted by Crippen LogP contribution is 2.43. The zero-order chi connectivity index (χ0) is 20.4. The molecule has 0 bridgehead atoms. The summed E-state index contributed by atoms with van der Waals surface area (Å²) in [7, 11) is 2.95. The van der Waals surface area contributed by atoms with Crippen LogP contribution in [0.5, 0.6) is 11.5 Å². The predicted octanol–water partition coefficient (Wildman–Crippen LogP) is 3.33. The number of nitrogens with one attached hydrogen (secondary N) is 2. The van der Waals surface area contributed by atoms with Crippen LogP contribution in [0.1, 0.15) is 28.4 Å². The summed E-state index contributed by atoms with van der Waals surface area (Å²) in [6.45, 7) is 0. The van der Waals surface area contributed by atoms with E-state index in [9.17, 15) is 9.59 Å². The first-order chi connectivity index (χ1) is 14.1. The van der Waals surface area contributed by atoms with E-state index in [4.69, 9.17) is 14.2 Å². The molecule has 2 aromatic carbocycles. The minimum atomic E-state index is -0.679. The molecule has 1 aromatic heterocycles. The molecule has 0 radical (unpaired) electrons. The van der Waals surface area contributed by atoms with Crippen LogP contribution in [0, 0.1) is 0 Å². The number of hydrogen-bond acceptors (Lipinski definition) is 6. The third-order valence-electron chi connectivity index (χ3n) is 4.73. The number of amides is 1. The highest BCUT2D eigenvalue weighted by molar-refractivity contribution is 5.99. The van der Waals surface area contributed by atoms with Crippen molar-refractivity contribution in [1.82, 2.24) is 9.97 Å². The van der Waals surface area contributed by atoms with Gasteiger partial charge in [0.1, 0.15) is 11.7 Å². The average Bonchev–Trinajstić information content (AvgIpc) is 3.37. The third-order valence-corrected chi connectivity index (χ3v) is 4.73. The molecule has 1 aliphatic rings. The Labute approximate surface area is 166 Å². The molecule has 0 fully saturated rings. The normalized spacial score (nSPS) is 14.8. The van der Waals surface area contributed by atoms with Gasteiger partial charge in [0, 0.05) is 11.3 Å². The van der Waals surface area contributed by atoms with E-state index in [-0.39, 0.29) is 12.3 Å². The van der Waals surface area contributed by atoms with Crippen molar-refractivity contribution in [2.45, 2.75) is 12.5 Å². The van der Waals surface area contributed by atoms with Gasteiger partial charge in [-0.2, -0.15) is 0 Å². The van der Waals surface area contributed by atoms with Crippen molar-refractivity contribution in [3.8, 4) is 22.8 Å². The van der Waals surface area contributed by atoms with Crippen LogP contribution in [0.25, 0.3) is 11.3 Å². The largest absolute Gasteiger partial charge is 0.493 e. The second-order valence-electron chi connectivity index (χ2n) is 6.45. The number of carbonyl (C=O) groups is 2. The number of hydrogen-bond donors (Lipinski definition) is 2. The van der Waals surface area contributed by atoms with Crippen molar-refractivity contribution in [1.29, 1.82) is 0 Å². The lowest BCUT2D eigenvalue weighted by Gasteiger charge is -2.13. The summed E-state index contributed by atoms with van der Waals surface area (Å²) in [6.07, 6.45) is 2.65. The molecule has 148 valence electrons. The first-order valence-corrected chi connectivity index (χ1v) is 8.95. The van der Waals surface area contributed by atoms with Gasteiger partial charge in [0.15, 0.2) is 11.5 Å². The Balaban J connectivity index is 1.47. The molecule has 1 atom stereocenters. The minimum Gasteiger partial charge on any atom is -0.493 e. The van der Waals surface area contributed by atoms with E-state index in [0.29, 0.717) is 28.3 Å². The highest BCUT2D eigenvalue weighted by Gasteiger charge is 2.36. The van der Waals surface area contributed by atoms with Crippen LogP contribution in [0.3, 0.4) is 0 Å². The van der Waals surface area contributed by atoms with Crippen molar-refractivity contribution in [3.05, 3.63) is 60.0 Å². The molecular weight excluding hydrogens is 374 g/mol. The number of carbonyl (C=O) groups excluding carboxylic acids is 2. The lowest BCUT2D eigenvalue weighted by molar-refractivity contribution is -0.118. The number of aromatic nitrogens is 2. The number of nitrogens with zero attached hydrogens (tertiary/aromatic N) is 1. The maximum Gasteiger partial charge on any atom is 0.343 e. The van der Waals surface area contributed by atoms with Gasteiger partial charge in [-0.1, -0.05) is 18.2 Å². The fraction of sp³-hybridized carbons (Fsp3) is 0.190. The maximum atomic E-state index is 12.5. The number of esters is 1. The smallest absolute Gasteiger partial charge is 0.343 e. The number of aromatic amines is 1. The number of H-pyrrole nitrogens is 1. The summed E-state index contributed by atoms with van der Waals surface area (Å²) in [4.78, 5) is 31.8. The van der Waals surface area contributed by atoms with Gasteiger partial charge in [-0.05, 0) is 23.8 Å². The van der Waals surface area contributed by atoms with Crippen molar-refractivity contribution < 1.29 is 23.8 Å². The van der Waals surface area contributed by atoms with E-state index >= 15 is 0 Å². The van der Waals surface area contributed by atoms with Crippen molar-refractivity contribution >= 4 is 17.6 Å². The summed E-state index contributed by atoms with van der Waals surface area (Å²) in [6, 6.07) is 10.8. The maximum absolute atomic E-state index is 12.5. The van der Waals surface area contributed by atoms with Gasteiger partial charge in [0.2, 0.25) is 5.91 Å². The number of ether oxygens (including phenoxy) is 3. The zero-order valence-electron chi connectivity index (χ0n) is 15.9. The molecule has 8 nitrogen and oxygen atoms in total. The first-order valence-electron chi connectivity index (χ1n) is 8.95. The molecule has 1 unspecified atom stereocenters. The Bertz CT molecular complexity index is 1040. The van der Waals surface area contributed by atoms with Gasteiger partial charge in [-0.15, -0.1) is 0 Å². The molecule has 29 heavy (non-hydrogen) atoms. The van der Waals surface area contributed by atoms with Gasteiger partial charge in [-0.3, -0.25) is 4.79 Å². The van der Waals surface area contributed by atoms with Crippen molar-refractivity contribution in [2.75, 3.05) is 19.5 Å². The molecule has 3 aromatic rings. The minimum absolute atomic E-state index is 0.00345. The summed E-state index contributed by atoms with van der Waals surface area (Å²) >= 11 is 0. The summed E-state index contributed by atoms with van der Waals surface area (Å²) in [5, 5.41) is 2.83. The molecule has 4 rings (SSSR count). The summed E-state index contributed by atoms with van der Waals surface area (Å²) in [5.41, 5.74) is 3.41. The standard InChI is InChI=1S/C21H19N3O5/c1-27-16-8-7-14-17(29-21(26)19(14)20(16)28-2)9-18(25)24-13-5-3-12(4-6-13)15-10-22-11-23-15/h3-8,10-11,17H,9H2,1-2H3,(H,22,23)(H,24,25). The van der Waals surface area contributed by atoms with Crippen molar-refractivity contribution in [3.63, 3.8) is 0 Å². The van der Waals surface area contributed by atoms with Gasteiger partial charge < -0.3 is 24.5 Å². The van der Waals surface area contributed by atoms with Crippen LogP contribution in [0.4, 0.5) is 5.69 Å². The fourth-order valence-electron chi connectivity index (χ4n) is 3.35. The highest BCUT2D eigenvalue weighted by atomic mass is 16.6. The molecule has 2 heterocycles.